The molecule has 2 heteroatoms. The van der Waals surface area contributed by atoms with Crippen molar-refractivity contribution in [1.29, 1.82) is 0 Å². The topological polar surface area (TPSA) is 24.1 Å². The zero-order valence-electron chi connectivity index (χ0n) is 9.85. The molecule has 0 bridgehead atoms. The van der Waals surface area contributed by atoms with Gasteiger partial charge in [0.05, 0.1) is 0 Å². The number of hydrogen-bond acceptors (Lipinski definition) is 2. The van der Waals surface area contributed by atoms with Gasteiger partial charge >= 0.3 is 0 Å². The quantitative estimate of drug-likeness (QED) is 0.773. The number of aryl methyl sites for hydroxylation is 1. The fourth-order valence-electron chi connectivity index (χ4n) is 2.01. The molecule has 15 heavy (non-hydrogen) atoms. The second-order valence-electron chi connectivity index (χ2n) is 4.78. The van der Waals surface area contributed by atoms with E-state index in [4.69, 9.17) is 0 Å². The van der Waals surface area contributed by atoms with E-state index in [0.29, 0.717) is 0 Å². The van der Waals surface area contributed by atoms with E-state index in [1.165, 1.54) is 29.7 Å². The van der Waals surface area contributed by atoms with Gasteiger partial charge in [0.15, 0.2) is 0 Å². The summed E-state index contributed by atoms with van der Waals surface area (Å²) in [6, 6.07) is 6.76. The third-order valence-electron chi connectivity index (χ3n) is 3.39. The predicted molar refractivity (Wildman–Crippen MR) is 65.3 cm³/mol. The minimum absolute atomic E-state index is 0.0620. The molecule has 2 N–H and O–H groups in total. The number of anilines is 1. The van der Waals surface area contributed by atoms with Crippen molar-refractivity contribution >= 4 is 5.69 Å². The van der Waals surface area contributed by atoms with Gasteiger partial charge in [0.1, 0.15) is 0 Å². The lowest BCUT2D eigenvalue weighted by molar-refractivity contribution is 0.444. The Morgan fingerprint density at radius 1 is 1.33 bits per heavy atom. The monoisotopic (exact) mass is 204 g/mol. The molecule has 0 radical (unpaired) electrons. The third kappa shape index (κ3) is 2.00. The van der Waals surface area contributed by atoms with Crippen molar-refractivity contribution in [1.82, 2.24) is 5.32 Å². The summed E-state index contributed by atoms with van der Waals surface area (Å²) in [7, 11) is 2.01. The van der Waals surface area contributed by atoms with Gasteiger partial charge in [-0.25, -0.2) is 0 Å². The van der Waals surface area contributed by atoms with Crippen molar-refractivity contribution in [2.45, 2.75) is 32.2 Å². The maximum atomic E-state index is 3.44. The summed E-state index contributed by atoms with van der Waals surface area (Å²) in [6.45, 7) is 5.54. The van der Waals surface area contributed by atoms with Crippen molar-refractivity contribution in [2.24, 2.45) is 0 Å². The van der Waals surface area contributed by atoms with Crippen LogP contribution in [-0.4, -0.2) is 13.6 Å². The number of nitrogens with one attached hydrogen (secondary N) is 2. The van der Waals surface area contributed by atoms with Gasteiger partial charge in [-0.05, 0) is 50.9 Å². The number of fused-ring (bicyclic) bond motifs is 1. The first-order valence-electron chi connectivity index (χ1n) is 5.70. The Morgan fingerprint density at radius 2 is 2.13 bits per heavy atom. The summed E-state index contributed by atoms with van der Waals surface area (Å²) in [6.07, 6.45) is 2.45. The summed E-state index contributed by atoms with van der Waals surface area (Å²) in [5.41, 5.74) is 4.21. The van der Waals surface area contributed by atoms with E-state index < -0.39 is 0 Å². The molecule has 1 aliphatic heterocycles. The van der Waals surface area contributed by atoms with E-state index in [1.54, 1.807) is 0 Å². The fraction of sp³-hybridized carbons (Fsp3) is 0.538. The Hall–Kier alpha value is -1.02. The standard InChI is InChI=1S/C13H20N2/c1-13(2,14-3)11-6-7-12-10(9-11)5-4-8-15-12/h6-7,9,14-15H,4-5,8H2,1-3H3. The van der Waals surface area contributed by atoms with Crippen molar-refractivity contribution in [3.8, 4) is 0 Å². The Bertz CT molecular complexity index is 356. The molecule has 0 amide bonds. The Labute approximate surface area is 92.1 Å². The molecule has 0 spiro atoms. The molecule has 1 heterocycles. The molecule has 0 aromatic heterocycles. The first-order chi connectivity index (χ1) is 7.13. The summed E-state index contributed by atoms with van der Waals surface area (Å²) < 4.78 is 0. The smallest absolute Gasteiger partial charge is 0.0375 e. The van der Waals surface area contributed by atoms with Crippen molar-refractivity contribution in [2.75, 3.05) is 18.9 Å². The highest BCUT2D eigenvalue weighted by Gasteiger charge is 2.19. The van der Waals surface area contributed by atoms with Crippen LogP contribution >= 0.6 is 0 Å². The second kappa shape index (κ2) is 3.86. The molecular weight excluding hydrogens is 184 g/mol. The number of rotatable bonds is 2. The lowest BCUT2D eigenvalue weighted by atomic mass is 9.90. The van der Waals surface area contributed by atoms with Crippen LogP contribution in [0.4, 0.5) is 5.69 Å². The van der Waals surface area contributed by atoms with Crippen LogP contribution in [0.2, 0.25) is 0 Å². The SMILES string of the molecule is CNC(C)(C)c1ccc2c(c1)CCCN2. The molecule has 1 aliphatic rings. The zero-order chi connectivity index (χ0) is 10.9. The highest BCUT2D eigenvalue weighted by molar-refractivity contribution is 5.55. The van der Waals surface area contributed by atoms with Crippen LogP contribution in [0.3, 0.4) is 0 Å². The van der Waals surface area contributed by atoms with Gasteiger partial charge in [0.25, 0.3) is 0 Å². The first kappa shape index (κ1) is 10.5. The van der Waals surface area contributed by atoms with Crippen LogP contribution in [0.25, 0.3) is 0 Å². The normalized spacial score (nSPS) is 15.7. The lowest BCUT2D eigenvalue weighted by Crippen LogP contribution is -2.33. The molecule has 0 saturated carbocycles. The van der Waals surface area contributed by atoms with Gasteiger partial charge in [0.2, 0.25) is 0 Å². The molecule has 2 nitrogen and oxygen atoms in total. The average molecular weight is 204 g/mol. The van der Waals surface area contributed by atoms with E-state index in [0.717, 1.165) is 6.54 Å². The molecule has 0 unspecified atom stereocenters. The minimum atomic E-state index is 0.0620. The summed E-state index contributed by atoms with van der Waals surface area (Å²) in [5, 5.41) is 6.78. The Morgan fingerprint density at radius 3 is 2.87 bits per heavy atom. The van der Waals surface area contributed by atoms with E-state index in [-0.39, 0.29) is 5.54 Å². The molecule has 1 aromatic carbocycles. The van der Waals surface area contributed by atoms with Crippen LogP contribution in [0.1, 0.15) is 31.4 Å². The van der Waals surface area contributed by atoms with Gasteiger partial charge in [0, 0.05) is 17.8 Å². The maximum Gasteiger partial charge on any atom is 0.0375 e. The zero-order valence-corrected chi connectivity index (χ0v) is 9.85. The van der Waals surface area contributed by atoms with E-state index in [2.05, 4.69) is 42.7 Å². The van der Waals surface area contributed by atoms with Crippen LogP contribution in [0, 0.1) is 0 Å². The molecule has 0 atom stereocenters. The highest BCUT2D eigenvalue weighted by Crippen LogP contribution is 2.27. The van der Waals surface area contributed by atoms with Crippen molar-refractivity contribution < 1.29 is 0 Å². The summed E-state index contributed by atoms with van der Waals surface area (Å²) >= 11 is 0. The number of benzene rings is 1. The first-order valence-corrected chi connectivity index (χ1v) is 5.70. The summed E-state index contributed by atoms with van der Waals surface area (Å²) in [5.74, 6) is 0. The van der Waals surface area contributed by atoms with Crippen LogP contribution in [-0.2, 0) is 12.0 Å². The van der Waals surface area contributed by atoms with Gasteiger partial charge < -0.3 is 10.6 Å². The largest absolute Gasteiger partial charge is 0.385 e. The third-order valence-corrected chi connectivity index (χ3v) is 3.39. The molecule has 1 aromatic rings. The van der Waals surface area contributed by atoms with Crippen LogP contribution < -0.4 is 10.6 Å². The molecule has 82 valence electrons. The molecule has 0 aliphatic carbocycles. The highest BCUT2D eigenvalue weighted by atomic mass is 14.9. The molecular formula is C13H20N2. The number of hydrogen-bond donors (Lipinski definition) is 2. The van der Waals surface area contributed by atoms with E-state index >= 15 is 0 Å². The Kier molecular flexibility index (Phi) is 2.70. The Balaban J connectivity index is 2.36. The van der Waals surface area contributed by atoms with Gasteiger partial charge in [-0.15, -0.1) is 0 Å². The average Bonchev–Trinajstić information content (AvgIpc) is 2.28. The maximum absolute atomic E-state index is 3.44. The molecule has 0 fully saturated rings. The van der Waals surface area contributed by atoms with Crippen LogP contribution in [0.15, 0.2) is 18.2 Å². The van der Waals surface area contributed by atoms with E-state index in [9.17, 15) is 0 Å². The fourth-order valence-corrected chi connectivity index (χ4v) is 2.01. The van der Waals surface area contributed by atoms with Crippen LogP contribution in [0.5, 0.6) is 0 Å². The van der Waals surface area contributed by atoms with Gasteiger partial charge in [-0.3, -0.25) is 0 Å². The van der Waals surface area contributed by atoms with Crippen molar-refractivity contribution in [3.63, 3.8) is 0 Å². The molecule has 0 saturated heterocycles. The summed E-state index contributed by atoms with van der Waals surface area (Å²) in [4.78, 5) is 0. The lowest BCUT2D eigenvalue weighted by Gasteiger charge is -2.27. The second-order valence-corrected chi connectivity index (χ2v) is 4.78. The van der Waals surface area contributed by atoms with Crippen molar-refractivity contribution in [3.05, 3.63) is 29.3 Å². The minimum Gasteiger partial charge on any atom is -0.385 e. The molecule has 2 rings (SSSR count). The van der Waals surface area contributed by atoms with Gasteiger partial charge in [-0.1, -0.05) is 12.1 Å². The van der Waals surface area contributed by atoms with Gasteiger partial charge in [-0.2, -0.15) is 0 Å². The van der Waals surface area contributed by atoms with E-state index in [1.807, 2.05) is 7.05 Å². The predicted octanol–water partition coefficient (Wildman–Crippen LogP) is 2.50.